The summed E-state index contributed by atoms with van der Waals surface area (Å²) in [6.45, 7) is 10.5. The molecule has 0 aromatic rings. The van der Waals surface area contributed by atoms with Crippen LogP contribution in [0.1, 0.15) is 20.3 Å². The zero-order valence-electron chi connectivity index (χ0n) is 10.5. The van der Waals surface area contributed by atoms with Crippen molar-refractivity contribution in [1.82, 2.24) is 10.2 Å². The van der Waals surface area contributed by atoms with E-state index in [1.807, 2.05) is 6.92 Å². The van der Waals surface area contributed by atoms with Gasteiger partial charge in [-0.25, -0.2) is 0 Å². The highest BCUT2D eigenvalue weighted by molar-refractivity contribution is 4.84. The van der Waals surface area contributed by atoms with Gasteiger partial charge >= 0.3 is 0 Å². The van der Waals surface area contributed by atoms with Crippen molar-refractivity contribution in [2.45, 2.75) is 20.3 Å². The standard InChI is InChI=1S/C12H26N2O/c1-4-15-8-6-13-5-7-14(3)10-12-9-11(12)2/h11-13H,4-10H2,1-3H3. The fourth-order valence-electron chi connectivity index (χ4n) is 1.83. The van der Waals surface area contributed by atoms with E-state index < -0.39 is 0 Å². The van der Waals surface area contributed by atoms with Crippen molar-refractivity contribution < 1.29 is 4.74 Å². The van der Waals surface area contributed by atoms with Gasteiger partial charge in [-0.1, -0.05) is 6.92 Å². The highest BCUT2D eigenvalue weighted by Gasteiger charge is 2.32. The second-order valence-corrected chi connectivity index (χ2v) is 4.68. The molecule has 0 amide bonds. The van der Waals surface area contributed by atoms with Gasteiger partial charge in [-0.15, -0.1) is 0 Å². The molecule has 1 aliphatic carbocycles. The number of ether oxygens (including phenoxy) is 1. The van der Waals surface area contributed by atoms with Crippen molar-refractivity contribution >= 4 is 0 Å². The van der Waals surface area contributed by atoms with Gasteiger partial charge in [0, 0.05) is 32.8 Å². The summed E-state index contributed by atoms with van der Waals surface area (Å²) in [5.41, 5.74) is 0. The van der Waals surface area contributed by atoms with Crippen molar-refractivity contribution in [3.05, 3.63) is 0 Å². The molecule has 2 unspecified atom stereocenters. The van der Waals surface area contributed by atoms with E-state index in [2.05, 4.69) is 24.2 Å². The summed E-state index contributed by atoms with van der Waals surface area (Å²) in [5, 5.41) is 3.39. The lowest BCUT2D eigenvalue weighted by Gasteiger charge is -2.16. The van der Waals surface area contributed by atoms with Crippen LogP contribution in [0.4, 0.5) is 0 Å². The zero-order chi connectivity index (χ0) is 11.1. The van der Waals surface area contributed by atoms with Crippen molar-refractivity contribution in [2.75, 3.05) is 46.4 Å². The summed E-state index contributed by atoms with van der Waals surface area (Å²) < 4.78 is 5.25. The van der Waals surface area contributed by atoms with E-state index in [0.717, 1.165) is 44.7 Å². The largest absolute Gasteiger partial charge is 0.380 e. The SMILES string of the molecule is CCOCCNCCN(C)CC1CC1C. The third-order valence-electron chi connectivity index (χ3n) is 3.12. The van der Waals surface area contributed by atoms with Gasteiger partial charge in [0.05, 0.1) is 6.61 Å². The number of nitrogens with one attached hydrogen (secondary N) is 1. The molecule has 3 heteroatoms. The molecule has 0 spiro atoms. The molecule has 0 aromatic carbocycles. The second-order valence-electron chi connectivity index (χ2n) is 4.68. The van der Waals surface area contributed by atoms with Crippen LogP contribution in [0.25, 0.3) is 0 Å². The first-order chi connectivity index (χ1) is 7.24. The Bertz CT molecular complexity index is 164. The Morgan fingerprint density at radius 1 is 1.40 bits per heavy atom. The number of nitrogens with zero attached hydrogens (tertiary/aromatic N) is 1. The van der Waals surface area contributed by atoms with Crippen molar-refractivity contribution in [2.24, 2.45) is 11.8 Å². The molecule has 0 radical (unpaired) electrons. The monoisotopic (exact) mass is 214 g/mol. The van der Waals surface area contributed by atoms with E-state index in [0.29, 0.717) is 0 Å². The maximum Gasteiger partial charge on any atom is 0.0590 e. The van der Waals surface area contributed by atoms with Crippen molar-refractivity contribution in [3.8, 4) is 0 Å². The molecular weight excluding hydrogens is 188 g/mol. The third kappa shape index (κ3) is 6.13. The third-order valence-corrected chi connectivity index (χ3v) is 3.12. The topological polar surface area (TPSA) is 24.5 Å². The van der Waals surface area contributed by atoms with Crippen LogP contribution in [0.15, 0.2) is 0 Å². The van der Waals surface area contributed by atoms with Crippen LogP contribution >= 0.6 is 0 Å². The first kappa shape index (κ1) is 12.9. The Hall–Kier alpha value is -0.120. The second kappa shape index (κ2) is 7.20. The molecule has 1 saturated carbocycles. The normalized spacial score (nSPS) is 24.8. The van der Waals surface area contributed by atoms with Gasteiger partial charge in [-0.2, -0.15) is 0 Å². The molecule has 0 bridgehead atoms. The highest BCUT2D eigenvalue weighted by atomic mass is 16.5. The minimum absolute atomic E-state index is 0.821. The molecule has 1 fully saturated rings. The fourth-order valence-corrected chi connectivity index (χ4v) is 1.83. The minimum atomic E-state index is 0.821. The van der Waals surface area contributed by atoms with Crippen LogP contribution in [0.2, 0.25) is 0 Å². The average molecular weight is 214 g/mol. The summed E-state index contributed by atoms with van der Waals surface area (Å²) in [6.07, 6.45) is 1.43. The lowest BCUT2D eigenvalue weighted by atomic mass is 10.3. The molecule has 15 heavy (non-hydrogen) atoms. The Morgan fingerprint density at radius 2 is 2.13 bits per heavy atom. The van der Waals surface area contributed by atoms with Gasteiger partial charge in [0.2, 0.25) is 0 Å². The Labute approximate surface area is 94.2 Å². The van der Waals surface area contributed by atoms with Crippen LogP contribution in [0.5, 0.6) is 0 Å². The summed E-state index contributed by atoms with van der Waals surface area (Å²) >= 11 is 0. The molecule has 90 valence electrons. The van der Waals surface area contributed by atoms with Gasteiger partial charge in [0.1, 0.15) is 0 Å². The van der Waals surface area contributed by atoms with E-state index >= 15 is 0 Å². The average Bonchev–Trinajstić information content (AvgIpc) is 2.88. The van der Waals surface area contributed by atoms with E-state index in [1.165, 1.54) is 13.0 Å². The quantitative estimate of drug-likeness (QED) is 0.584. The van der Waals surface area contributed by atoms with E-state index in [4.69, 9.17) is 4.74 Å². The van der Waals surface area contributed by atoms with Gasteiger partial charge in [0.15, 0.2) is 0 Å². The highest BCUT2D eigenvalue weighted by Crippen LogP contribution is 2.37. The Morgan fingerprint density at radius 3 is 2.73 bits per heavy atom. The molecule has 0 aromatic heterocycles. The summed E-state index contributed by atoms with van der Waals surface area (Å²) in [7, 11) is 2.22. The maximum atomic E-state index is 5.25. The molecule has 0 aliphatic heterocycles. The molecule has 0 heterocycles. The number of hydrogen-bond donors (Lipinski definition) is 1. The molecule has 3 nitrogen and oxygen atoms in total. The summed E-state index contributed by atoms with van der Waals surface area (Å²) in [6, 6.07) is 0. The Kier molecular flexibility index (Phi) is 6.22. The molecule has 0 saturated heterocycles. The van der Waals surface area contributed by atoms with Crippen LogP contribution in [0, 0.1) is 11.8 Å². The first-order valence-corrected chi connectivity index (χ1v) is 6.21. The fraction of sp³-hybridized carbons (Fsp3) is 1.00. The predicted octanol–water partition coefficient (Wildman–Crippen LogP) is 1.20. The lowest BCUT2D eigenvalue weighted by molar-refractivity contribution is 0.148. The molecule has 2 atom stereocenters. The maximum absolute atomic E-state index is 5.25. The van der Waals surface area contributed by atoms with Crippen LogP contribution in [-0.4, -0.2) is 51.3 Å². The number of likely N-dealkylation sites (N-methyl/N-ethyl adjacent to an activating group) is 1. The number of rotatable bonds is 9. The van der Waals surface area contributed by atoms with E-state index in [-0.39, 0.29) is 0 Å². The summed E-state index contributed by atoms with van der Waals surface area (Å²) in [4.78, 5) is 2.43. The molecule has 1 N–H and O–H groups in total. The predicted molar refractivity (Wildman–Crippen MR) is 64.1 cm³/mol. The zero-order valence-corrected chi connectivity index (χ0v) is 10.5. The van der Waals surface area contributed by atoms with E-state index in [1.54, 1.807) is 0 Å². The van der Waals surface area contributed by atoms with Gasteiger partial charge < -0.3 is 15.0 Å². The summed E-state index contributed by atoms with van der Waals surface area (Å²) in [5.74, 6) is 1.94. The first-order valence-electron chi connectivity index (χ1n) is 6.21. The molecule has 1 rings (SSSR count). The van der Waals surface area contributed by atoms with Crippen molar-refractivity contribution in [3.63, 3.8) is 0 Å². The molecule has 1 aliphatic rings. The van der Waals surface area contributed by atoms with Crippen LogP contribution in [0.3, 0.4) is 0 Å². The lowest BCUT2D eigenvalue weighted by Crippen LogP contribution is -2.32. The van der Waals surface area contributed by atoms with Gasteiger partial charge in [-0.3, -0.25) is 0 Å². The van der Waals surface area contributed by atoms with Gasteiger partial charge in [-0.05, 0) is 32.2 Å². The van der Waals surface area contributed by atoms with Crippen LogP contribution < -0.4 is 5.32 Å². The van der Waals surface area contributed by atoms with E-state index in [9.17, 15) is 0 Å². The smallest absolute Gasteiger partial charge is 0.0590 e. The van der Waals surface area contributed by atoms with Gasteiger partial charge in [0.25, 0.3) is 0 Å². The van der Waals surface area contributed by atoms with Crippen LogP contribution in [-0.2, 0) is 4.74 Å². The Balaban J connectivity index is 1.82. The minimum Gasteiger partial charge on any atom is -0.380 e. The molecular formula is C12H26N2O. The van der Waals surface area contributed by atoms with Crippen molar-refractivity contribution in [1.29, 1.82) is 0 Å². The number of hydrogen-bond acceptors (Lipinski definition) is 3.